The molecule has 16 heavy (non-hydrogen) atoms. The number of ether oxygens (including phenoxy) is 1. The van der Waals surface area contributed by atoms with Gasteiger partial charge in [0.25, 0.3) is 0 Å². The SMILES string of the molecule is COCCCC(N)c1nc2ccncc2[nH]1. The Morgan fingerprint density at radius 2 is 2.44 bits per heavy atom. The molecule has 0 saturated carbocycles. The van der Waals surface area contributed by atoms with Gasteiger partial charge in [-0.1, -0.05) is 0 Å². The topological polar surface area (TPSA) is 76.8 Å². The molecule has 0 aliphatic heterocycles. The van der Waals surface area contributed by atoms with Crippen molar-refractivity contribution in [1.82, 2.24) is 15.0 Å². The summed E-state index contributed by atoms with van der Waals surface area (Å²) < 4.78 is 4.99. The molecule has 0 fully saturated rings. The van der Waals surface area contributed by atoms with Gasteiger partial charge in [0.1, 0.15) is 5.82 Å². The van der Waals surface area contributed by atoms with Crippen molar-refractivity contribution in [2.45, 2.75) is 18.9 Å². The van der Waals surface area contributed by atoms with Crippen LogP contribution in [0.2, 0.25) is 0 Å². The molecular weight excluding hydrogens is 204 g/mol. The van der Waals surface area contributed by atoms with Crippen molar-refractivity contribution in [3.63, 3.8) is 0 Å². The molecule has 0 saturated heterocycles. The molecule has 0 radical (unpaired) electrons. The molecule has 0 bridgehead atoms. The fraction of sp³-hybridized carbons (Fsp3) is 0.455. The monoisotopic (exact) mass is 220 g/mol. The van der Waals surface area contributed by atoms with E-state index in [-0.39, 0.29) is 6.04 Å². The van der Waals surface area contributed by atoms with Crippen LogP contribution in [0, 0.1) is 0 Å². The number of imidazole rings is 1. The zero-order valence-corrected chi connectivity index (χ0v) is 9.31. The molecule has 2 aromatic heterocycles. The predicted octanol–water partition coefficient (Wildman–Crippen LogP) is 1.38. The average Bonchev–Trinajstić information content (AvgIpc) is 2.73. The molecular formula is C11H16N4O. The van der Waals surface area contributed by atoms with E-state index in [0.29, 0.717) is 0 Å². The number of aromatic amines is 1. The fourth-order valence-corrected chi connectivity index (χ4v) is 1.64. The van der Waals surface area contributed by atoms with E-state index in [1.54, 1.807) is 19.5 Å². The van der Waals surface area contributed by atoms with Crippen molar-refractivity contribution in [3.05, 3.63) is 24.3 Å². The fourth-order valence-electron chi connectivity index (χ4n) is 1.64. The number of hydrogen-bond acceptors (Lipinski definition) is 4. The number of fused-ring (bicyclic) bond motifs is 1. The molecule has 1 atom stereocenters. The Labute approximate surface area is 94.0 Å². The molecule has 0 aliphatic carbocycles. The first kappa shape index (κ1) is 11.0. The number of nitrogens with two attached hydrogens (primary N) is 1. The number of rotatable bonds is 5. The first-order valence-corrected chi connectivity index (χ1v) is 5.35. The van der Waals surface area contributed by atoms with Crippen LogP contribution < -0.4 is 5.73 Å². The van der Waals surface area contributed by atoms with Crippen molar-refractivity contribution < 1.29 is 4.74 Å². The van der Waals surface area contributed by atoms with Crippen molar-refractivity contribution in [2.75, 3.05) is 13.7 Å². The maximum Gasteiger partial charge on any atom is 0.124 e. The highest BCUT2D eigenvalue weighted by Crippen LogP contribution is 2.16. The van der Waals surface area contributed by atoms with Crippen LogP contribution >= 0.6 is 0 Å². The van der Waals surface area contributed by atoms with E-state index < -0.39 is 0 Å². The largest absolute Gasteiger partial charge is 0.385 e. The van der Waals surface area contributed by atoms with Gasteiger partial charge < -0.3 is 15.5 Å². The van der Waals surface area contributed by atoms with Crippen molar-refractivity contribution in [1.29, 1.82) is 0 Å². The summed E-state index contributed by atoms with van der Waals surface area (Å²) in [5.74, 6) is 0.819. The average molecular weight is 220 g/mol. The van der Waals surface area contributed by atoms with Crippen LogP contribution in [0.4, 0.5) is 0 Å². The van der Waals surface area contributed by atoms with Gasteiger partial charge in [-0.25, -0.2) is 4.98 Å². The second kappa shape index (κ2) is 5.05. The maximum atomic E-state index is 6.03. The lowest BCUT2D eigenvalue weighted by atomic mass is 10.1. The zero-order valence-electron chi connectivity index (χ0n) is 9.31. The second-order valence-corrected chi connectivity index (χ2v) is 3.76. The van der Waals surface area contributed by atoms with Gasteiger partial charge in [0.2, 0.25) is 0 Å². The van der Waals surface area contributed by atoms with Gasteiger partial charge in [-0.15, -0.1) is 0 Å². The van der Waals surface area contributed by atoms with Gasteiger partial charge in [-0.3, -0.25) is 4.98 Å². The highest BCUT2D eigenvalue weighted by molar-refractivity contribution is 5.73. The molecule has 5 nitrogen and oxygen atoms in total. The first-order valence-electron chi connectivity index (χ1n) is 5.35. The summed E-state index contributed by atoms with van der Waals surface area (Å²) >= 11 is 0. The maximum absolute atomic E-state index is 6.03. The third-order valence-electron chi connectivity index (χ3n) is 2.52. The Hall–Kier alpha value is -1.46. The lowest BCUT2D eigenvalue weighted by molar-refractivity contribution is 0.190. The minimum absolute atomic E-state index is 0.0671. The summed E-state index contributed by atoms with van der Waals surface area (Å²) in [4.78, 5) is 11.6. The number of methoxy groups -OCH3 is 1. The molecule has 86 valence electrons. The number of aromatic nitrogens is 3. The normalized spacial score (nSPS) is 13.1. The standard InChI is InChI=1S/C11H16N4O/c1-16-6-2-3-8(12)11-14-9-4-5-13-7-10(9)15-11/h4-5,7-8H,2-3,6,12H2,1H3,(H,14,15). The molecule has 0 spiro atoms. The third-order valence-corrected chi connectivity index (χ3v) is 2.52. The molecule has 0 aliphatic rings. The van der Waals surface area contributed by atoms with Crippen LogP contribution in [0.15, 0.2) is 18.5 Å². The van der Waals surface area contributed by atoms with Gasteiger partial charge in [-0.05, 0) is 18.9 Å². The summed E-state index contributed by atoms with van der Waals surface area (Å²) in [6, 6.07) is 1.81. The van der Waals surface area contributed by atoms with Crippen molar-refractivity contribution in [3.8, 4) is 0 Å². The molecule has 0 aromatic carbocycles. The third kappa shape index (κ3) is 2.37. The van der Waals surface area contributed by atoms with Crippen LogP contribution in [0.5, 0.6) is 0 Å². The van der Waals surface area contributed by atoms with Crippen LogP contribution in [0.3, 0.4) is 0 Å². The van der Waals surface area contributed by atoms with E-state index in [9.17, 15) is 0 Å². The lowest BCUT2D eigenvalue weighted by Crippen LogP contribution is -2.12. The van der Waals surface area contributed by atoms with Crippen molar-refractivity contribution in [2.24, 2.45) is 5.73 Å². The Morgan fingerprint density at radius 1 is 1.56 bits per heavy atom. The van der Waals surface area contributed by atoms with E-state index in [1.807, 2.05) is 6.07 Å². The Balaban J connectivity index is 2.07. The number of nitrogens with one attached hydrogen (secondary N) is 1. The molecule has 2 aromatic rings. The molecule has 2 heterocycles. The highest BCUT2D eigenvalue weighted by Gasteiger charge is 2.10. The summed E-state index contributed by atoms with van der Waals surface area (Å²) in [7, 11) is 1.69. The smallest absolute Gasteiger partial charge is 0.124 e. The Kier molecular flexibility index (Phi) is 3.48. The van der Waals surface area contributed by atoms with Gasteiger partial charge in [0.15, 0.2) is 0 Å². The first-order chi connectivity index (χ1) is 7.81. The Bertz CT molecular complexity index is 421. The molecule has 0 amide bonds. The predicted molar refractivity (Wildman–Crippen MR) is 61.9 cm³/mol. The van der Waals surface area contributed by atoms with Gasteiger partial charge in [0, 0.05) is 19.9 Å². The van der Waals surface area contributed by atoms with E-state index in [4.69, 9.17) is 10.5 Å². The molecule has 2 rings (SSSR count). The number of nitrogens with zero attached hydrogens (tertiary/aromatic N) is 2. The summed E-state index contributed by atoms with van der Waals surface area (Å²) in [5, 5.41) is 0. The minimum Gasteiger partial charge on any atom is -0.385 e. The number of pyridine rings is 1. The van der Waals surface area contributed by atoms with Crippen LogP contribution in [-0.2, 0) is 4.74 Å². The zero-order chi connectivity index (χ0) is 11.4. The quantitative estimate of drug-likeness (QED) is 0.746. The molecule has 5 heteroatoms. The summed E-state index contributed by atoms with van der Waals surface area (Å²) in [6.45, 7) is 0.732. The van der Waals surface area contributed by atoms with Gasteiger partial charge >= 0.3 is 0 Å². The minimum atomic E-state index is -0.0671. The molecule has 1 unspecified atom stereocenters. The van der Waals surface area contributed by atoms with Crippen LogP contribution in [-0.4, -0.2) is 28.7 Å². The van der Waals surface area contributed by atoms with Gasteiger partial charge in [0.05, 0.1) is 23.3 Å². The second-order valence-electron chi connectivity index (χ2n) is 3.76. The number of hydrogen-bond donors (Lipinski definition) is 2. The van der Waals surface area contributed by atoms with Crippen molar-refractivity contribution >= 4 is 11.0 Å². The van der Waals surface area contributed by atoms with E-state index >= 15 is 0 Å². The lowest BCUT2D eigenvalue weighted by Gasteiger charge is -2.07. The van der Waals surface area contributed by atoms with E-state index in [0.717, 1.165) is 36.3 Å². The van der Waals surface area contributed by atoms with Crippen LogP contribution in [0.1, 0.15) is 24.7 Å². The molecule has 3 N–H and O–H groups in total. The van der Waals surface area contributed by atoms with Gasteiger partial charge in [-0.2, -0.15) is 0 Å². The summed E-state index contributed by atoms with van der Waals surface area (Å²) in [6.07, 6.45) is 5.28. The Morgan fingerprint density at radius 3 is 3.19 bits per heavy atom. The summed E-state index contributed by atoms with van der Waals surface area (Å²) in [5.41, 5.74) is 7.87. The van der Waals surface area contributed by atoms with Crippen LogP contribution in [0.25, 0.3) is 11.0 Å². The van der Waals surface area contributed by atoms with E-state index in [2.05, 4.69) is 15.0 Å². The number of H-pyrrole nitrogens is 1. The van der Waals surface area contributed by atoms with E-state index in [1.165, 1.54) is 0 Å². The highest BCUT2D eigenvalue weighted by atomic mass is 16.5.